The van der Waals surface area contributed by atoms with Crippen LogP contribution < -0.4 is 14.2 Å². The highest BCUT2D eigenvalue weighted by molar-refractivity contribution is 6.32. The molecule has 2 aliphatic rings. The molecule has 5 rings (SSSR count). The average Bonchev–Trinajstić information content (AvgIpc) is 3.50. The Bertz CT molecular complexity index is 1210. The SMILES string of the molecule is CC(CO)Oc1cc(F)c(COc2nc3nc(O[C@@H]4COC5C4OC[C@H]5O)[nH]c3cc2Cl)c(F)c1. The van der Waals surface area contributed by atoms with Gasteiger partial charge in [-0.25, -0.2) is 8.78 Å². The smallest absolute Gasteiger partial charge is 0.296 e. The molecule has 0 saturated carbocycles. The van der Waals surface area contributed by atoms with Gasteiger partial charge in [0.15, 0.2) is 11.8 Å². The van der Waals surface area contributed by atoms with Gasteiger partial charge < -0.3 is 38.9 Å². The zero-order chi connectivity index (χ0) is 24.7. The number of pyridine rings is 1. The Morgan fingerprint density at radius 2 is 1.91 bits per heavy atom. The van der Waals surface area contributed by atoms with Crippen molar-refractivity contribution in [2.45, 2.75) is 44.1 Å². The van der Waals surface area contributed by atoms with E-state index in [1.807, 2.05) is 0 Å². The molecular weight excluding hydrogens is 492 g/mol. The molecule has 0 spiro atoms. The Balaban J connectivity index is 1.29. The van der Waals surface area contributed by atoms with Crippen molar-refractivity contribution < 1.29 is 42.7 Å². The fourth-order valence-corrected chi connectivity index (χ4v) is 4.13. The minimum Gasteiger partial charge on any atom is -0.488 e. The van der Waals surface area contributed by atoms with Crippen molar-refractivity contribution in [2.24, 2.45) is 0 Å². The van der Waals surface area contributed by atoms with Crippen LogP contribution in [0.4, 0.5) is 8.78 Å². The van der Waals surface area contributed by atoms with Crippen LogP contribution in [0.15, 0.2) is 18.2 Å². The third-order valence-electron chi connectivity index (χ3n) is 5.68. The molecule has 2 aliphatic heterocycles. The fourth-order valence-electron chi connectivity index (χ4n) is 3.92. The van der Waals surface area contributed by atoms with Crippen LogP contribution in [0.5, 0.6) is 17.6 Å². The number of nitrogens with one attached hydrogen (secondary N) is 1. The molecule has 3 unspecified atom stereocenters. The number of nitrogens with zero attached hydrogens (tertiary/aromatic N) is 2. The molecule has 0 aliphatic carbocycles. The molecule has 0 bridgehead atoms. The van der Waals surface area contributed by atoms with Gasteiger partial charge in [-0.15, -0.1) is 0 Å². The summed E-state index contributed by atoms with van der Waals surface area (Å²) in [5.41, 5.74) is 0.328. The van der Waals surface area contributed by atoms with E-state index in [1.165, 1.54) is 6.07 Å². The Morgan fingerprint density at radius 3 is 2.66 bits per heavy atom. The number of ether oxygens (including phenoxy) is 5. The van der Waals surface area contributed by atoms with Gasteiger partial charge in [0.2, 0.25) is 5.88 Å². The lowest BCUT2D eigenvalue weighted by molar-refractivity contribution is 0.00706. The van der Waals surface area contributed by atoms with Crippen molar-refractivity contribution >= 4 is 22.8 Å². The quantitative estimate of drug-likeness (QED) is 0.415. The van der Waals surface area contributed by atoms with Gasteiger partial charge in [0.1, 0.15) is 53.4 Å². The number of benzene rings is 1. The fraction of sp³-hybridized carbons (Fsp3) is 0.455. The maximum atomic E-state index is 14.4. The maximum absolute atomic E-state index is 14.4. The van der Waals surface area contributed by atoms with Gasteiger partial charge in [0.25, 0.3) is 6.01 Å². The topological polar surface area (TPSA) is 128 Å². The zero-order valence-electron chi connectivity index (χ0n) is 18.4. The van der Waals surface area contributed by atoms with E-state index >= 15 is 0 Å². The second-order valence-electron chi connectivity index (χ2n) is 8.27. The van der Waals surface area contributed by atoms with Gasteiger partial charge in [-0.1, -0.05) is 11.6 Å². The molecule has 2 saturated heterocycles. The molecule has 188 valence electrons. The lowest BCUT2D eigenvalue weighted by Gasteiger charge is -2.15. The largest absolute Gasteiger partial charge is 0.488 e. The molecule has 0 amide bonds. The molecule has 2 fully saturated rings. The number of fused-ring (bicyclic) bond motifs is 2. The van der Waals surface area contributed by atoms with Crippen LogP contribution in [-0.2, 0) is 16.1 Å². The zero-order valence-corrected chi connectivity index (χ0v) is 19.2. The second kappa shape index (κ2) is 9.70. The summed E-state index contributed by atoms with van der Waals surface area (Å²) in [6.07, 6.45) is -2.65. The van der Waals surface area contributed by atoms with Crippen LogP contribution in [0, 0.1) is 11.6 Å². The summed E-state index contributed by atoms with van der Waals surface area (Å²) in [6.45, 7) is 1.18. The molecule has 5 atom stereocenters. The molecule has 2 aromatic heterocycles. The van der Waals surface area contributed by atoms with Gasteiger partial charge in [0.05, 0.1) is 30.9 Å². The highest BCUT2D eigenvalue weighted by Gasteiger charge is 2.48. The number of imidazole rings is 1. The van der Waals surface area contributed by atoms with Crippen molar-refractivity contribution in [3.63, 3.8) is 0 Å². The summed E-state index contributed by atoms with van der Waals surface area (Å²) >= 11 is 6.24. The van der Waals surface area contributed by atoms with Crippen LogP contribution in [0.2, 0.25) is 5.02 Å². The molecule has 3 N–H and O–H groups in total. The van der Waals surface area contributed by atoms with Gasteiger partial charge in [-0.3, -0.25) is 0 Å². The maximum Gasteiger partial charge on any atom is 0.296 e. The van der Waals surface area contributed by atoms with E-state index in [0.29, 0.717) is 5.52 Å². The van der Waals surface area contributed by atoms with Crippen molar-refractivity contribution in [3.8, 4) is 17.6 Å². The van der Waals surface area contributed by atoms with E-state index < -0.39 is 48.8 Å². The van der Waals surface area contributed by atoms with E-state index in [2.05, 4.69) is 15.0 Å². The van der Waals surface area contributed by atoms with Crippen molar-refractivity contribution in [1.82, 2.24) is 15.0 Å². The minimum absolute atomic E-state index is 0.0524. The first-order valence-electron chi connectivity index (χ1n) is 10.8. The summed E-state index contributed by atoms with van der Waals surface area (Å²) in [5, 5.41) is 19.0. The van der Waals surface area contributed by atoms with E-state index in [-0.39, 0.29) is 53.7 Å². The Hall–Kier alpha value is -2.77. The number of hydrogen-bond acceptors (Lipinski definition) is 9. The Kier molecular flexibility index (Phi) is 6.64. The molecule has 1 aromatic carbocycles. The van der Waals surface area contributed by atoms with E-state index in [9.17, 15) is 13.9 Å². The summed E-state index contributed by atoms with van der Waals surface area (Å²) in [5.74, 6) is -1.89. The number of hydrogen-bond donors (Lipinski definition) is 3. The molecule has 10 nitrogen and oxygen atoms in total. The molecule has 3 aromatic rings. The minimum atomic E-state index is -0.880. The first-order valence-corrected chi connectivity index (χ1v) is 11.2. The first-order chi connectivity index (χ1) is 16.8. The number of aliphatic hydroxyl groups excluding tert-OH is 2. The summed E-state index contributed by atoms with van der Waals surface area (Å²) in [6, 6.07) is 3.66. The highest BCUT2D eigenvalue weighted by atomic mass is 35.5. The molecule has 4 heterocycles. The predicted octanol–water partition coefficient (Wildman–Crippen LogP) is 2.13. The number of rotatable bonds is 8. The van der Waals surface area contributed by atoms with E-state index in [0.717, 1.165) is 12.1 Å². The normalized spacial score (nSPS) is 24.5. The Labute approximate surface area is 202 Å². The number of aromatic nitrogens is 3. The van der Waals surface area contributed by atoms with Gasteiger partial charge in [0, 0.05) is 12.1 Å². The van der Waals surface area contributed by atoms with Gasteiger partial charge in [-0.2, -0.15) is 9.97 Å². The lowest BCUT2D eigenvalue weighted by Crippen LogP contribution is -2.34. The third-order valence-corrected chi connectivity index (χ3v) is 5.95. The van der Waals surface area contributed by atoms with Crippen molar-refractivity contribution in [1.29, 1.82) is 0 Å². The van der Waals surface area contributed by atoms with Gasteiger partial charge >= 0.3 is 0 Å². The monoisotopic (exact) mass is 513 g/mol. The third kappa shape index (κ3) is 4.84. The molecular formula is C22H22ClF2N3O7. The lowest BCUT2D eigenvalue weighted by atomic mass is 10.1. The van der Waals surface area contributed by atoms with Crippen LogP contribution in [0.1, 0.15) is 12.5 Å². The molecule has 13 heteroatoms. The number of aliphatic hydroxyl groups is 2. The highest BCUT2D eigenvalue weighted by Crippen LogP contribution is 2.32. The Morgan fingerprint density at radius 1 is 1.17 bits per heavy atom. The van der Waals surface area contributed by atoms with Crippen LogP contribution in [0.3, 0.4) is 0 Å². The van der Waals surface area contributed by atoms with Crippen LogP contribution in [0.25, 0.3) is 11.2 Å². The van der Waals surface area contributed by atoms with E-state index in [4.69, 9.17) is 40.4 Å². The molecule has 0 radical (unpaired) electrons. The van der Waals surface area contributed by atoms with E-state index in [1.54, 1.807) is 6.92 Å². The van der Waals surface area contributed by atoms with Crippen molar-refractivity contribution in [3.05, 3.63) is 40.4 Å². The van der Waals surface area contributed by atoms with Crippen LogP contribution >= 0.6 is 11.6 Å². The average molecular weight is 514 g/mol. The first kappa shape index (κ1) is 23.9. The summed E-state index contributed by atoms with van der Waals surface area (Å²) < 4.78 is 56.5. The summed E-state index contributed by atoms with van der Waals surface area (Å²) in [4.78, 5) is 11.4. The predicted molar refractivity (Wildman–Crippen MR) is 117 cm³/mol. The second-order valence-corrected chi connectivity index (χ2v) is 8.68. The van der Waals surface area contributed by atoms with Crippen molar-refractivity contribution in [2.75, 3.05) is 19.8 Å². The molecule has 35 heavy (non-hydrogen) atoms. The standard InChI is InChI=1S/C22H22ClF2N3O7/c1-9(5-29)34-10-2-13(24)11(14(25)3-10)6-33-21-12(23)4-15-20(27-21)28-22(26-15)35-17-8-32-18-16(30)7-31-19(17)18/h2-4,9,16-19,29-30H,5-8H2,1H3,(H,26,27,28)/t9?,16-,17-,18?,19?/m1/s1. The van der Waals surface area contributed by atoms with Gasteiger partial charge in [-0.05, 0) is 13.0 Å². The summed E-state index contributed by atoms with van der Waals surface area (Å²) in [7, 11) is 0. The van der Waals surface area contributed by atoms with Crippen LogP contribution in [-0.4, -0.2) is 75.5 Å². The number of H-pyrrole nitrogens is 1. The number of aromatic amines is 1. The number of halogens is 3.